The summed E-state index contributed by atoms with van der Waals surface area (Å²) in [7, 11) is 3.57. The Morgan fingerprint density at radius 3 is 3.08 bits per heavy atom. The Kier molecular flexibility index (Phi) is 5.14. The maximum absolute atomic E-state index is 9.18. The monoisotopic (exact) mass is 326 g/mol. The number of benzene rings is 1. The topological polar surface area (TPSA) is 72.1 Å². The molecule has 1 aromatic heterocycles. The van der Waals surface area contributed by atoms with E-state index in [1.165, 1.54) is 0 Å². The standard InChI is InChI=1S/C18H22N4O2/c1-22-12-20-11-16(22)18-8-15(5-6-24-18)21-10-13-3-4-17(23-2)14(7-13)9-19/h3-4,7,11-12,15,18,21H,5-6,8,10H2,1-2H3/t15-,18-/m1/s1. The summed E-state index contributed by atoms with van der Waals surface area (Å²) in [5.41, 5.74) is 2.75. The molecule has 0 aliphatic carbocycles. The first kappa shape index (κ1) is 16.5. The number of aryl methyl sites for hydroxylation is 1. The van der Waals surface area contributed by atoms with Crippen molar-refractivity contribution in [1.82, 2.24) is 14.9 Å². The smallest absolute Gasteiger partial charge is 0.136 e. The first-order valence-electron chi connectivity index (χ1n) is 8.09. The van der Waals surface area contributed by atoms with Gasteiger partial charge >= 0.3 is 0 Å². The predicted molar refractivity (Wildman–Crippen MR) is 89.5 cm³/mol. The molecular formula is C18H22N4O2. The average molecular weight is 326 g/mol. The van der Waals surface area contributed by atoms with E-state index in [4.69, 9.17) is 9.47 Å². The molecule has 0 saturated carbocycles. The number of methoxy groups -OCH3 is 1. The molecule has 0 amide bonds. The summed E-state index contributed by atoms with van der Waals surface area (Å²) >= 11 is 0. The highest BCUT2D eigenvalue weighted by Crippen LogP contribution is 2.28. The molecule has 2 heterocycles. The second-order valence-corrected chi connectivity index (χ2v) is 6.04. The highest BCUT2D eigenvalue weighted by Gasteiger charge is 2.25. The maximum atomic E-state index is 9.18. The second kappa shape index (κ2) is 7.47. The Labute approximate surface area is 142 Å². The largest absolute Gasteiger partial charge is 0.495 e. The molecule has 1 saturated heterocycles. The van der Waals surface area contributed by atoms with E-state index in [1.807, 2.05) is 36.0 Å². The fourth-order valence-corrected chi connectivity index (χ4v) is 3.08. The molecule has 6 nitrogen and oxygen atoms in total. The minimum absolute atomic E-state index is 0.0780. The van der Waals surface area contributed by atoms with Crippen LogP contribution in [0.5, 0.6) is 5.75 Å². The van der Waals surface area contributed by atoms with Gasteiger partial charge in [0.2, 0.25) is 0 Å². The number of nitrogens with zero attached hydrogens (tertiary/aromatic N) is 3. The van der Waals surface area contributed by atoms with Gasteiger partial charge in [0, 0.05) is 26.2 Å². The van der Waals surface area contributed by atoms with Crippen LogP contribution in [-0.2, 0) is 18.3 Å². The van der Waals surface area contributed by atoms with Crippen LogP contribution in [0.15, 0.2) is 30.7 Å². The lowest BCUT2D eigenvalue weighted by atomic mass is 10.0. The predicted octanol–water partition coefficient (Wildman–Crippen LogP) is 2.31. The van der Waals surface area contributed by atoms with E-state index in [9.17, 15) is 5.26 Å². The van der Waals surface area contributed by atoms with Crippen molar-refractivity contribution >= 4 is 0 Å². The fourth-order valence-electron chi connectivity index (χ4n) is 3.08. The van der Waals surface area contributed by atoms with Crippen molar-refractivity contribution in [3.05, 3.63) is 47.5 Å². The molecule has 6 heteroatoms. The van der Waals surface area contributed by atoms with Crippen molar-refractivity contribution in [2.45, 2.75) is 31.5 Å². The molecule has 24 heavy (non-hydrogen) atoms. The number of ether oxygens (including phenoxy) is 2. The van der Waals surface area contributed by atoms with E-state index in [1.54, 1.807) is 13.4 Å². The van der Waals surface area contributed by atoms with Crippen LogP contribution in [0.4, 0.5) is 0 Å². The normalized spacial score (nSPS) is 20.5. The van der Waals surface area contributed by atoms with Gasteiger partial charge in [0.15, 0.2) is 0 Å². The summed E-state index contributed by atoms with van der Waals surface area (Å²) in [5, 5.41) is 12.8. The Balaban J connectivity index is 1.60. The molecule has 2 atom stereocenters. The van der Waals surface area contributed by atoms with Crippen LogP contribution in [0.3, 0.4) is 0 Å². The third kappa shape index (κ3) is 3.58. The van der Waals surface area contributed by atoms with Crippen molar-refractivity contribution in [3.63, 3.8) is 0 Å². The highest BCUT2D eigenvalue weighted by molar-refractivity contribution is 5.45. The molecule has 0 radical (unpaired) electrons. The number of aromatic nitrogens is 2. The van der Waals surface area contributed by atoms with Gasteiger partial charge in [-0.1, -0.05) is 6.07 Å². The van der Waals surface area contributed by atoms with Gasteiger partial charge in [-0.3, -0.25) is 0 Å². The first-order valence-corrected chi connectivity index (χ1v) is 8.09. The molecule has 1 N–H and O–H groups in total. The number of imidazole rings is 1. The number of hydrogen-bond donors (Lipinski definition) is 1. The minimum Gasteiger partial charge on any atom is -0.495 e. The van der Waals surface area contributed by atoms with Crippen LogP contribution in [-0.4, -0.2) is 29.3 Å². The zero-order valence-corrected chi connectivity index (χ0v) is 14.0. The summed E-state index contributed by atoms with van der Waals surface area (Å²) in [6.07, 6.45) is 5.65. The molecule has 3 rings (SSSR count). The lowest BCUT2D eigenvalue weighted by molar-refractivity contribution is -0.00404. The summed E-state index contributed by atoms with van der Waals surface area (Å²) in [6.45, 7) is 1.46. The lowest BCUT2D eigenvalue weighted by Crippen LogP contribution is -2.36. The Hall–Kier alpha value is -2.36. The SMILES string of the molecule is COc1ccc(CN[C@@H]2CCO[C@@H](c3cncn3C)C2)cc1C#N. The van der Waals surface area contributed by atoms with E-state index >= 15 is 0 Å². The third-order valence-corrected chi connectivity index (χ3v) is 4.45. The molecule has 0 spiro atoms. The molecule has 1 aromatic carbocycles. The Morgan fingerprint density at radius 2 is 2.38 bits per heavy atom. The quantitative estimate of drug-likeness (QED) is 0.913. The van der Waals surface area contributed by atoms with Gasteiger partial charge in [0.1, 0.15) is 17.9 Å². The van der Waals surface area contributed by atoms with E-state index < -0.39 is 0 Å². The average Bonchev–Trinajstić information content (AvgIpc) is 3.06. The van der Waals surface area contributed by atoms with Gasteiger partial charge in [-0.2, -0.15) is 5.26 Å². The number of nitrogens with one attached hydrogen (secondary N) is 1. The van der Waals surface area contributed by atoms with Crippen molar-refractivity contribution in [1.29, 1.82) is 5.26 Å². The van der Waals surface area contributed by atoms with E-state index in [0.29, 0.717) is 17.4 Å². The van der Waals surface area contributed by atoms with Crippen molar-refractivity contribution < 1.29 is 9.47 Å². The van der Waals surface area contributed by atoms with Crippen molar-refractivity contribution in [2.75, 3.05) is 13.7 Å². The molecule has 1 aliphatic heterocycles. The van der Waals surface area contributed by atoms with Gasteiger partial charge in [-0.25, -0.2) is 4.98 Å². The number of hydrogen-bond acceptors (Lipinski definition) is 5. The molecule has 126 valence electrons. The Morgan fingerprint density at radius 1 is 1.50 bits per heavy atom. The van der Waals surface area contributed by atoms with Crippen LogP contribution in [0.1, 0.15) is 35.8 Å². The van der Waals surface area contributed by atoms with Gasteiger partial charge in [-0.05, 0) is 30.5 Å². The van der Waals surface area contributed by atoms with Gasteiger partial charge < -0.3 is 19.4 Å². The third-order valence-electron chi connectivity index (χ3n) is 4.45. The lowest BCUT2D eigenvalue weighted by Gasteiger charge is -2.30. The summed E-state index contributed by atoms with van der Waals surface area (Å²) in [4.78, 5) is 4.17. The van der Waals surface area contributed by atoms with E-state index in [-0.39, 0.29) is 6.10 Å². The van der Waals surface area contributed by atoms with Crippen molar-refractivity contribution in [3.8, 4) is 11.8 Å². The van der Waals surface area contributed by atoms with Crippen LogP contribution in [0, 0.1) is 11.3 Å². The van der Waals surface area contributed by atoms with Gasteiger partial charge in [0.05, 0.1) is 30.9 Å². The van der Waals surface area contributed by atoms with Crippen molar-refractivity contribution in [2.24, 2.45) is 7.05 Å². The molecule has 0 unspecified atom stereocenters. The second-order valence-electron chi connectivity index (χ2n) is 6.04. The van der Waals surface area contributed by atoms with Gasteiger partial charge in [-0.15, -0.1) is 0 Å². The molecular weight excluding hydrogens is 304 g/mol. The van der Waals surface area contributed by atoms with E-state index in [2.05, 4.69) is 16.4 Å². The fraction of sp³-hybridized carbons (Fsp3) is 0.444. The van der Waals surface area contributed by atoms with Crippen LogP contribution in [0.2, 0.25) is 0 Å². The molecule has 2 aromatic rings. The number of rotatable bonds is 5. The number of nitriles is 1. The summed E-state index contributed by atoms with van der Waals surface area (Å²) in [6, 6.07) is 8.27. The molecule has 1 aliphatic rings. The summed E-state index contributed by atoms with van der Waals surface area (Å²) < 4.78 is 13.1. The zero-order valence-electron chi connectivity index (χ0n) is 14.0. The molecule has 1 fully saturated rings. The highest BCUT2D eigenvalue weighted by atomic mass is 16.5. The van der Waals surface area contributed by atoms with Gasteiger partial charge in [0.25, 0.3) is 0 Å². The maximum Gasteiger partial charge on any atom is 0.136 e. The minimum atomic E-state index is 0.0780. The van der Waals surface area contributed by atoms with Crippen LogP contribution >= 0.6 is 0 Å². The zero-order chi connectivity index (χ0) is 16.9. The summed E-state index contributed by atoms with van der Waals surface area (Å²) in [5.74, 6) is 0.614. The first-order chi connectivity index (χ1) is 11.7. The Bertz CT molecular complexity index is 735. The van der Waals surface area contributed by atoms with Crippen LogP contribution < -0.4 is 10.1 Å². The van der Waals surface area contributed by atoms with Crippen LogP contribution in [0.25, 0.3) is 0 Å². The molecule has 0 bridgehead atoms. The van der Waals surface area contributed by atoms with E-state index in [0.717, 1.165) is 37.3 Å².